The number of thiazole rings is 1. The molecule has 7 nitrogen and oxygen atoms in total. The van der Waals surface area contributed by atoms with Crippen LogP contribution >= 0.6 is 11.3 Å². The highest BCUT2D eigenvalue weighted by atomic mass is 32.1. The lowest BCUT2D eigenvalue weighted by Crippen LogP contribution is -2.28. The summed E-state index contributed by atoms with van der Waals surface area (Å²) in [5.74, 6) is 1.38. The van der Waals surface area contributed by atoms with Gasteiger partial charge in [-0.2, -0.15) is 4.57 Å². The van der Waals surface area contributed by atoms with Crippen molar-refractivity contribution in [1.82, 2.24) is 0 Å². The van der Waals surface area contributed by atoms with Gasteiger partial charge in [-0.15, -0.1) is 0 Å². The van der Waals surface area contributed by atoms with E-state index in [9.17, 15) is 0 Å². The number of hydrogen-bond acceptors (Lipinski definition) is 7. The summed E-state index contributed by atoms with van der Waals surface area (Å²) >= 11 is 1.77. The molecule has 0 radical (unpaired) electrons. The summed E-state index contributed by atoms with van der Waals surface area (Å²) in [4.78, 5) is 0. The van der Waals surface area contributed by atoms with Crippen molar-refractivity contribution in [3.8, 4) is 11.5 Å². The van der Waals surface area contributed by atoms with Crippen molar-refractivity contribution >= 4 is 33.7 Å². The van der Waals surface area contributed by atoms with Gasteiger partial charge in [-0.3, -0.25) is 0 Å². The van der Waals surface area contributed by atoms with E-state index in [0.29, 0.717) is 77.6 Å². The molecule has 34 heavy (non-hydrogen) atoms. The van der Waals surface area contributed by atoms with Crippen LogP contribution in [0.15, 0.2) is 42.5 Å². The molecule has 8 heteroatoms. The van der Waals surface area contributed by atoms with Gasteiger partial charge >= 0.3 is 0 Å². The number of ether oxygens (including phenoxy) is 6. The molecule has 2 aromatic carbocycles. The van der Waals surface area contributed by atoms with E-state index >= 15 is 0 Å². The smallest absolute Gasteiger partial charge is 0.262 e. The van der Waals surface area contributed by atoms with Crippen molar-refractivity contribution in [3.63, 3.8) is 0 Å². The van der Waals surface area contributed by atoms with Gasteiger partial charge in [0.15, 0.2) is 11.5 Å². The Kier molecular flexibility index (Phi) is 9.71. The standard InChI is InChI=1S/C26H32NO6S/c1-27-22-4-2-3-5-25(22)34-26(27)9-7-21-6-8-23-24(20-21)33-19-17-31-15-13-29-11-10-28-12-14-30-16-18-32-23/h2-9,20H,10-19H2,1H3/q+1/b9-7+. The van der Waals surface area contributed by atoms with E-state index in [-0.39, 0.29) is 0 Å². The maximum atomic E-state index is 6.01. The van der Waals surface area contributed by atoms with Gasteiger partial charge in [0.25, 0.3) is 5.01 Å². The van der Waals surface area contributed by atoms with Crippen LogP contribution in [0.25, 0.3) is 22.4 Å². The van der Waals surface area contributed by atoms with Gasteiger partial charge in [-0.1, -0.05) is 29.5 Å². The summed E-state index contributed by atoms with van der Waals surface area (Å²) in [7, 11) is 2.09. The summed E-state index contributed by atoms with van der Waals surface area (Å²) in [5.41, 5.74) is 2.26. The van der Waals surface area contributed by atoms with Gasteiger partial charge in [0.1, 0.15) is 25.0 Å². The molecular weight excluding hydrogens is 454 g/mol. The fraction of sp³-hybridized carbons (Fsp3) is 0.423. The monoisotopic (exact) mass is 486 g/mol. The summed E-state index contributed by atoms with van der Waals surface area (Å²) in [6, 6.07) is 14.4. The molecule has 2 heterocycles. The van der Waals surface area contributed by atoms with E-state index in [4.69, 9.17) is 28.4 Å². The summed E-state index contributed by atoms with van der Waals surface area (Å²) < 4.78 is 37.5. The molecule has 0 atom stereocenters. The Morgan fingerprint density at radius 3 is 1.91 bits per heavy atom. The molecule has 0 fully saturated rings. The quantitative estimate of drug-likeness (QED) is 0.515. The molecule has 182 valence electrons. The molecule has 0 saturated carbocycles. The molecule has 0 saturated heterocycles. The average molecular weight is 487 g/mol. The lowest BCUT2D eigenvalue weighted by atomic mass is 10.2. The van der Waals surface area contributed by atoms with Gasteiger partial charge in [0.2, 0.25) is 5.52 Å². The highest BCUT2D eigenvalue weighted by Crippen LogP contribution is 2.30. The normalized spacial score (nSPS) is 17.4. The van der Waals surface area contributed by atoms with Gasteiger partial charge in [-0.25, -0.2) is 0 Å². The Morgan fingerprint density at radius 1 is 0.676 bits per heavy atom. The number of rotatable bonds is 2. The van der Waals surface area contributed by atoms with E-state index in [0.717, 1.165) is 5.56 Å². The average Bonchev–Trinajstić information content (AvgIpc) is 3.18. The molecule has 0 unspecified atom stereocenters. The van der Waals surface area contributed by atoms with Crippen molar-refractivity contribution in [2.45, 2.75) is 0 Å². The second-order valence-corrected chi connectivity index (χ2v) is 8.72. The van der Waals surface area contributed by atoms with Crippen LogP contribution in [0.3, 0.4) is 0 Å². The molecule has 4 rings (SSSR count). The van der Waals surface area contributed by atoms with Crippen molar-refractivity contribution in [2.24, 2.45) is 7.05 Å². The van der Waals surface area contributed by atoms with Crippen LogP contribution in [-0.2, 0) is 26.0 Å². The molecule has 1 aliphatic heterocycles. The number of fused-ring (bicyclic) bond motifs is 2. The molecule has 3 aromatic rings. The molecule has 0 bridgehead atoms. The van der Waals surface area contributed by atoms with Crippen molar-refractivity contribution in [2.75, 3.05) is 66.1 Å². The second kappa shape index (κ2) is 13.4. The minimum atomic E-state index is 0.425. The van der Waals surface area contributed by atoms with Gasteiger partial charge in [0, 0.05) is 12.1 Å². The lowest BCUT2D eigenvalue weighted by Gasteiger charge is -2.14. The maximum Gasteiger partial charge on any atom is 0.262 e. The van der Waals surface area contributed by atoms with Crippen LogP contribution in [0.1, 0.15) is 10.6 Å². The number of nitrogens with zero attached hydrogens (tertiary/aromatic N) is 1. The van der Waals surface area contributed by atoms with Gasteiger partial charge in [-0.05, 0) is 29.8 Å². The Morgan fingerprint density at radius 2 is 1.26 bits per heavy atom. The number of hydrogen-bond donors (Lipinski definition) is 0. The first-order valence-corrected chi connectivity index (χ1v) is 12.4. The first-order valence-electron chi connectivity index (χ1n) is 11.6. The number of aryl methyl sites for hydroxylation is 1. The predicted octanol–water partition coefficient (Wildman–Crippen LogP) is 3.73. The Bertz CT molecular complexity index is 1070. The molecule has 0 spiro atoms. The van der Waals surface area contributed by atoms with Crippen LogP contribution in [0.2, 0.25) is 0 Å². The topological polar surface area (TPSA) is 59.3 Å². The second-order valence-electron chi connectivity index (χ2n) is 7.65. The third-order valence-corrected chi connectivity index (χ3v) is 6.43. The van der Waals surface area contributed by atoms with Crippen LogP contribution < -0.4 is 14.0 Å². The Balaban J connectivity index is 1.43. The van der Waals surface area contributed by atoms with E-state index in [1.54, 1.807) is 11.3 Å². The molecule has 0 amide bonds. The first kappa shape index (κ1) is 24.6. The predicted molar refractivity (Wildman–Crippen MR) is 133 cm³/mol. The third-order valence-electron chi connectivity index (χ3n) is 5.24. The third kappa shape index (κ3) is 7.25. The zero-order valence-electron chi connectivity index (χ0n) is 19.6. The fourth-order valence-electron chi connectivity index (χ4n) is 3.48. The summed E-state index contributed by atoms with van der Waals surface area (Å²) in [5, 5.41) is 1.17. The van der Waals surface area contributed by atoms with Crippen LogP contribution in [0, 0.1) is 0 Å². The molecular formula is C26H32NO6S+. The van der Waals surface area contributed by atoms with Crippen molar-refractivity contribution < 1.29 is 33.0 Å². The van der Waals surface area contributed by atoms with E-state index < -0.39 is 0 Å². The number of aromatic nitrogens is 1. The fourth-order valence-corrected chi connectivity index (χ4v) is 4.53. The lowest BCUT2D eigenvalue weighted by molar-refractivity contribution is -0.642. The van der Waals surface area contributed by atoms with E-state index in [2.05, 4.69) is 48.0 Å². The Labute approximate surface area is 204 Å². The van der Waals surface area contributed by atoms with Gasteiger partial charge in [0.05, 0.1) is 52.9 Å². The van der Waals surface area contributed by atoms with Crippen molar-refractivity contribution in [1.29, 1.82) is 0 Å². The van der Waals surface area contributed by atoms with Crippen LogP contribution in [0.5, 0.6) is 11.5 Å². The van der Waals surface area contributed by atoms with Crippen molar-refractivity contribution in [3.05, 3.63) is 53.0 Å². The molecule has 1 aromatic heterocycles. The minimum Gasteiger partial charge on any atom is -0.487 e. The SMILES string of the molecule is C[n+]1c(/C=C/c2ccc3c(c2)OCCOCCOCCOCCOCCO3)sc2ccccc21. The van der Waals surface area contributed by atoms with Gasteiger partial charge < -0.3 is 28.4 Å². The molecule has 1 aliphatic rings. The number of benzene rings is 2. The van der Waals surface area contributed by atoms with Crippen LogP contribution in [-0.4, -0.2) is 66.1 Å². The van der Waals surface area contributed by atoms with E-state index in [1.165, 1.54) is 15.2 Å². The minimum absolute atomic E-state index is 0.425. The zero-order valence-corrected chi connectivity index (χ0v) is 20.4. The van der Waals surface area contributed by atoms with Crippen LogP contribution in [0.4, 0.5) is 0 Å². The largest absolute Gasteiger partial charge is 0.487 e. The molecule has 0 aliphatic carbocycles. The Hall–Kier alpha value is -2.49. The highest BCUT2D eigenvalue weighted by Gasteiger charge is 2.13. The first-order chi connectivity index (χ1) is 16.8. The summed E-state index contributed by atoms with van der Waals surface area (Å²) in [6.07, 6.45) is 4.23. The van der Waals surface area contributed by atoms with E-state index in [1.807, 2.05) is 18.2 Å². The number of para-hydroxylation sites is 1. The maximum absolute atomic E-state index is 6.01. The molecule has 0 N–H and O–H groups in total. The zero-order chi connectivity index (χ0) is 23.4. The summed E-state index contributed by atoms with van der Waals surface area (Å²) in [6.45, 7) is 5.01. The highest BCUT2D eigenvalue weighted by molar-refractivity contribution is 7.18.